The summed E-state index contributed by atoms with van der Waals surface area (Å²) in [6.45, 7) is 0.821. The second kappa shape index (κ2) is 5.36. The third-order valence-electron chi connectivity index (χ3n) is 3.45. The molecule has 0 bridgehead atoms. The molecule has 0 radical (unpaired) electrons. The van der Waals surface area contributed by atoms with Crippen LogP contribution in [0.25, 0.3) is 0 Å². The zero-order valence-corrected chi connectivity index (χ0v) is 10.2. The number of rotatable bonds is 5. The molecule has 1 aromatic heterocycles. The normalized spacial score (nSPS) is 19.3. The number of hydrogen-bond acceptors (Lipinski definition) is 3. The van der Waals surface area contributed by atoms with Gasteiger partial charge in [0.15, 0.2) is 0 Å². The highest BCUT2D eigenvalue weighted by atomic mass is 16.4. The van der Waals surface area contributed by atoms with Crippen molar-refractivity contribution >= 4 is 5.97 Å². The van der Waals surface area contributed by atoms with Crippen LogP contribution in [0.5, 0.6) is 0 Å². The first-order valence-corrected chi connectivity index (χ1v) is 6.17. The minimum absolute atomic E-state index is 0.245. The topological polar surface area (TPSA) is 53.7 Å². The molecule has 0 saturated heterocycles. The summed E-state index contributed by atoms with van der Waals surface area (Å²) in [5.74, 6) is 0.386. The van der Waals surface area contributed by atoms with E-state index in [-0.39, 0.29) is 6.42 Å². The molecule has 1 N–H and O–H groups in total. The molecule has 94 valence electrons. The van der Waals surface area contributed by atoms with Crippen molar-refractivity contribution in [1.29, 1.82) is 0 Å². The number of furan rings is 1. The van der Waals surface area contributed by atoms with E-state index in [1.54, 1.807) is 6.26 Å². The van der Waals surface area contributed by atoms with Gasteiger partial charge in [-0.25, -0.2) is 0 Å². The predicted molar refractivity (Wildman–Crippen MR) is 63.9 cm³/mol. The van der Waals surface area contributed by atoms with Gasteiger partial charge < -0.3 is 9.52 Å². The Morgan fingerprint density at radius 3 is 3.24 bits per heavy atom. The van der Waals surface area contributed by atoms with E-state index in [0.29, 0.717) is 12.5 Å². The van der Waals surface area contributed by atoms with Gasteiger partial charge in [-0.2, -0.15) is 0 Å². The molecule has 17 heavy (non-hydrogen) atoms. The SMILES string of the molecule is CN(CCCC(=O)O)C1CCCc2occc21. The molecule has 1 atom stereocenters. The van der Waals surface area contributed by atoms with Gasteiger partial charge in [0.05, 0.1) is 6.26 Å². The molecule has 1 aliphatic rings. The van der Waals surface area contributed by atoms with Crippen molar-refractivity contribution in [3.8, 4) is 0 Å². The van der Waals surface area contributed by atoms with E-state index in [4.69, 9.17) is 9.52 Å². The van der Waals surface area contributed by atoms with Crippen molar-refractivity contribution in [3.63, 3.8) is 0 Å². The first-order chi connectivity index (χ1) is 8.18. The monoisotopic (exact) mass is 237 g/mol. The molecule has 0 spiro atoms. The molecule has 2 rings (SSSR count). The first-order valence-electron chi connectivity index (χ1n) is 6.17. The highest BCUT2D eigenvalue weighted by molar-refractivity contribution is 5.66. The Bertz CT molecular complexity index is 386. The number of aliphatic carboxylic acids is 1. The molecular formula is C13H19NO3. The summed E-state index contributed by atoms with van der Waals surface area (Å²) in [5.41, 5.74) is 1.29. The molecular weight excluding hydrogens is 218 g/mol. The first kappa shape index (κ1) is 12.2. The zero-order chi connectivity index (χ0) is 12.3. The van der Waals surface area contributed by atoms with Gasteiger partial charge in [-0.15, -0.1) is 0 Å². The molecule has 1 aliphatic carbocycles. The molecule has 4 nitrogen and oxygen atoms in total. The van der Waals surface area contributed by atoms with Gasteiger partial charge >= 0.3 is 5.97 Å². The Balaban J connectivity index is 1.92. The highest BCUT2D eigenvalue weighted by Gasteiger charge is 2.25. The van der Waals surface area contributed by atoms with Crippen LogP contribution < -0.4 is 0 Å². The lowest BCUT2D eigenvalue weighted by Gasteiger charge is -2.30. The number of carbonyl (C=O) groups is 1. The summed E-state index contributed by atoms with van der Waals surface area (Å²) in [6.07, 6.45) is 6.02. The van der Waals surface area contributed by atoms with Gasteiger partial charge in [-0.05, 0) is 38.9 Å². The standard InChI is InChI=1S/C13H19NO3/c1-14(8-3-6-13(15)16)11-4-2-5-12-10(11)7-9-17-12/h7,9,11H,2-6,8H2,1H3,(H,15,16). The van der Waals surface area contributed by atoms with E-state index in [1.807, 2.05) is 6.07 Å². The summed E-state index contributed by atoms with van der Waals surface area (Å²) in [5, 5.41) is 8.63. The Kier molecular flexibility index (Phi) is 3.84. The quantitative estimate of drug-likeness (QED) is 0.854. The van der Waals surface area contributed by atoms with Crippen molar-refractivity contribution in [3.05, 3.63) is 23.7 Å². The van der Waals surface area contributed by atoms with Crippen molar-refractivity contribution in [2.24, 2.45) is 0 Å². The molecule has 1 aromatic rings. The van der Waals surface area contributed by atoms with Crippen LogP contribution in [0.1, 0.15) is 43.0 Å². The third-order valence-corrected chi connectivity index (χ3v) is 3.45. The van der Waals surface area contributed by atoms with E-state index in [2.05, 4.69) is 11.9 Å². The molecule has 0 aromatic carbocycles. The molecule has 0 fully saturated rings. The average Bonchev–Trinajstić information content (AvgIpc) is 2.75. The molecule has 1 heterocycles. The van der Waals surface area contributed by atoms with Crippen LogP contribution in [0.3, 0.4) is 0 Å². The van der Waals surface area contributed by atoms with Crippen molar-refractivity contribution < 1.29 is 14.3 Å². The predicted octanol–water partition coefficient (Wildman–Crippen LogP) is 2.45. The van der Waals surface area contributed by atoms with Gasteiger partial charge in [0.25, 0.3) is 0 Å². The van der Waals surface area contributed by atoms with E-state index >= 15 is 0 Å². The minimum Gasteiger partial charge on any atom is -0.481 e. The van der Waals surface area contributed by atoms with Crippen molar-refractivity contribution in [2.45, 2.75) is 38.1 Å². The molecule has 1 unspecified atom stereocenters. The number of carboxylic acid groups (broad SMARTS) is 1. The Labute approximate surface area is 101 Å². The maximum atomic E-state index is 10.5. The van der Waals surface area contributed by atoms with Gasteiger partial charge in [0, 0.05) is 24.4 Å². The number of hydrogen-bond donors (Lipinski definition) is 1. The maximum absolute atomic E-state index is 10.5. The van der Waals surface area contributed by atoms with Crippen LogP contribution in [0.15, 0.2) is 16.7 Å². The molecule has 4 heteroatoms. The molecule has 0 saturated carbocycles. The Morgan fingerprint density at radius 1 is 1.65 bits per heavy atom. The van der Waals surface area contributed by atoms with E-state index in [9.17, 15) is 4.79 Å². The van der Waals surface area contributed by atoms with Crippen LogP contribution in [0.4, 0.5) is 0 Å². The number of nitrogens with zero attached hydrogens (tertiary/aromatic N) is 1. The summed E-state index contributed by atoms with van der Waals surface area (Å²) in [4.78, 5) is 12.7. The maximum Gasteiger partial charge on any atom is 0.303 e. The average molecular weight is 237 g/mol. The van der Waals surface area contributed by atoms with Crippen LogP contribution in [-0.2, 0) is 11.2 Å². The lowest BCUT2D eigenvalue weighted by atomic mass is 9.92. The van der Waals surface area contributed by atoms with Crippen LogP contribution in [0, 0.1) is 0 Å². The van der Waals surface area contributed by atoms with E-state index < -0.39 is 5.97 Å². The Morgan fingerprint density at radius 2 is 2.47 bits per heavy atom. The fraction of sp³-hybridized carbons (Fsp3) is 0.615. The number of fused-ring (bicyclic) bond motifs is 1. The largest absolute Gasteiger partial charge is 0.481 e. The third kappa shape index (κ3) is 2.88. The van der Waals surface area contributed by atoms with Gasteiger partial charge in [0.1, 0.15) is 5.76 Å². The van der Waals surface area contributed by atoms with Crippen molar-refractivity contribution in [2.75, 3.05) is 13.6 Å². The van der Waals surface area contributed by atoms with Crippen LogP contribution in [0.2, 0.25) is 0 Å². The van der Waals surface area contributed by atoms with Gasteiger partial charge in [-0.3, -0.25) is 9.69 Å². The fourth-order valence-electron chi connectivity index (χ4n) is 2.56. The number of aryl methyl sites for hydroxylation is 1. The number of carboxylic acids is 1. The van der Waals surface area contributed by atoms with E-state index in [1.165, 1.54) is 5.56 Å². The minimum atomic E-state index is -0.717. The lowest BCUT2D eigenvalue weighted by molar-refractivity contribution is -0.137. The second-order valence-corrected chi connectivity index (χ2v) is 4.69. The molecule has 0 amide bonds. The Hall–Kier alpha value is -1.29. The molecule has 0 aliphatic heterocycles. The zero-order valence-electron chi connectivity index (χ0n) is 10.2. The fourth-order valence-corrected chi connectivity index (χ4v) is 2.56. The summed E-state index contributed by atoms with van der Waals surface area (Å²) < 4.78 is 5.46. The van der Waals surface area contributed by atoms with Crippen LogP contribution >= 0.6 is 0 Å². The van der Waals surface area contributed by atoms with Gasteiger partial charge in [-0.1, -0.05) is 0 Å². The lowest BCUT2D eigenvalue weighted by Crippen LogP contribution is -2.28. The van der Waals surface area contributed by atoms with Crippen molar-refractivity contribution in [1.82, 2.24) is 4.90 Å². The summed E-state index contributed by atoms with van der Waals surface area (Å²) >= 11 is 0. The smallest absolute Gasteiger partial charge is 0.303 e. The summed E-state index contributed by atoms with van der Waals surface area (Å²) in [7, 11) is 2.06. The van der Waals surface area contributed by atoms with E-state index in [0.717, 1.165) is 31.6 Å². The van der Waals surface area contributed by atoms with Crippen LogP contribution in [-0.4, -0.2) is 29.6 Å². The second-order valence-electron chi connectivity index (χ2n) is 4.69. The highest BCUT2D eigenvalue weighted by Crippen LogP contribution is 2.34. The summed E-state index contributed by atoms with van der Waals surface area (Å²) in [6, 6.07) is 2.44. The van der Waals surface area contributed by atoms with Gasteiger partial charge in [0.2, 0.25) is 0 Å².